The molecule has 0 bridgehead atoms. The van der Waals surface area contributed by atoms with Crippen molar-refractivity contribution in [2.45, 2.75) is 19.3 Å². The van der Waals surface area contributed by atoms with Gasteiger partial charge in [-0.15, -0.1) is 0 Å². The molecule has 0 aromatic heterocycles. The lowest BCUT2D eigenvalue weighted by Gasteiger charge is -2.25. The molecule has 2 aliphatic heterocycles. The Bertz CT molecular complexity index is 945. The summed E-state index contributed by atoms with van der Waals surface area (Å²) in [6.45, 7) is 0.714. The summed E-state index contributed by atoms with van der Waals surface area (Å²) < 4.78 is 16.0. The fraction of sp³-hybridized carbons (Fsp3) is 0.333. The summed E-state index contributed by atoms with van der Waals surface area (Å²) in [6.07, 6.45) is 2.02. The van der Waals surface area contributed by atoms with Gasteiger partial charge in [-0.2, -0.15) is 0 Å². The minimum atomic E-state index is -0.270. The van der Waals surface area contributed by atoms with Crippen LogP contribution in [-0.2, 0) is 17.6 Å². The van der Waals surface area contributed by atoms with Crippen LogP contribution in [-0.4, -0.2) is 39.7 Å². The van der Waals surface area contributed by atoms with Crippen LogP contribution in [0.3, 0.4) is 0 Å². The number of hydrogen-bond acceptors (Lipinski definition) is 5. The van der Waals surface area contributed by atoms with E-state index in [4.69, 9.17) is 14.2 Å². The van der Waals surface area contributed by atoms with E-state index in [0.717, 1.165) is 28.9 Å². The fourth-order valence-electron chi connectivity index (χ4n) is 3.95. The molecule has 4 rings (SSSR count). The number of ether oxygens (including phenoxy) is 3. The summed E-state index contributed by atoms with van der Waals surface area (Å²) in [5.74, 6) is 1.19. The van der Waals surface area contributed by atoms with Crippen molar-refractivity contribution in [3.05, 3.63) is 41.0 Å². The van der Waals surface area contributed by atoms with Gasteiger partial charge in [0.1, 0.15) is 0 Å². The molecule has 2 heterocycles. The summed E-state index contributed by atoms with van der Waals surface area (Å²) in [4.78, 5) is 26.8. The first-order valence-corrected chi connectivity index (χ1v) is 9.13. The first-order chi connectivity index (χ1) is 13.5. The van der Waals surface area contributed by atoms with Crippen LogP contribution in [0.2, 0.25) is 0 Å². The number of aryl methyl sites for hydroxylation is 1. The van der Waals surface area contributed by atoms with E-state index in [1.807, 2.05) is 17.0 Å². The Labute approximate surface area is 163 Å². The van der Waals surface area contributed by atoms with Gasteiger partial charge in [-0.1, -0.05) is 0 Å². The lowest BCUT2D eigenvalue weighted by molar-refractivity contribution is -0.118. The van der Waals surface area contributed by atoms with E-state index in [-0.39, 0.29) is 11.8 Å². The van der Waals surface area contributed by atoms with Crippen LogP contribution in [0.25, 0.3) is 0 Å². The number of anilines is 2. The molecular formula is C21H22N2O5. The third-order valence-corrected chi connectivity index (χ3v) is 5.24. The number of methoxy groups -OCH3 is 3. The maximum absolute atomic E-state index is 12.9. The number of nitrogens with zero attached hydrogens (tertiary/aromatic N) is 1. The van der Waals surface area contributed by atoms with Gasteiger partial charge >= 0.3 is 0 Å². The zero-order valence-electron chi connectivity index (χ0n) is 16.1. The first kappa shape index (κ1) is 18.2. The fourth-order valence-corrected chi connectivity index (χ4v) is 3.95. The van der Waals surface area contributed by atoms with Crippen LogP contribution in [0.4, 0.5) is 11.4 Å². The predicted octanol–water partition coefficient (Wildman–Crippen LogP) is 2.80. The highest BCUT2D eigenvalue weighted by Gasteiger charge is 2.31. The van der Waals surface area contributed by atoms with Crippen LogP contribution in [0.5, 0.6) is 17.2 Å². The molecule has 0 atom stereocenters. The van der Waals surface area contributed by atoms with Crippen molar-refractivity contribution in [3.63, 3.8) is 0 Å². The molecule has 1 N–H and O–H groups in total. The van der Waals surface area contributed by atoms with Gasteiger partial charge in [0, 0.05) is 24.2 Å². The molecule has 2 amide bonds. The molecule has 0 spiro atoms. The van der Waals surface area contributed by atoms with Crippen LogP contribution >= 0.6 is 0 Å². The normalized spacial score (nSPS) is 14.5. The third kappa shape index (κ3) is 2.93. The maximum atomic E-state index is 12.9. The second-order valence-corrected chi connectivity index (χ2v) is 6.81. The largest absolute Gasteiger partial charge is 0.493 e. The smallest absolute Gasteiger partial charge is 0.255 e. The van der Waals surface area contributed by atoms with E-state index in [1.54, 1.807) is 12.1 Å². The summed E-state index contributed by atoms with van der Waals surface area (Å²) in [7, 11) is 4.54. The van der Waals surface area contributed by atoms with Gasteiger partial charge in [0.15, 0.2) is 11.5 Å². The highest BCUT2D eigenvalue weighted by molar-refractivity contribution is 6.06. The van der Waals surface area contributed by atoms with E-state index in [2.05, 4.69) is 5.32 Å². The molecule has 146 valence electrons. The van der Waals surface area contributed by atoms with Gasteiger partial charge in [-0.3, -0.25) is 9.59 Å². The Morgan fingerprint density at radius 3 is 2.18 bits per heavy atom. The summed E-state index contributed by atoms with van der Waals surface area (Å²) in [6, 6.07) is 7.15. The van der Waals surface area contributed by atoms with Crippen molar-refractivity contribution in [2.24, 2.45) is 0 Å². The van der Waals surface area contributed by atoms with Gasteiger partial charge in [0.05, 0.1) is 27.0 Å². The van der Waals surface area contributed by atoms with E-state index < -0.39 is 0 Å². The van der Waals surface area contributed by atoms with Crippen molar-refractivity contribution in [1.29, 1.82) is 0 Å². The summed E-state index contributed by atoms with van der Waals surface area (Å²) in [5, 5.41) is 2.96. The van der Waals surface area contributed by atoms with Crippen molar-refractivity contribution in [1.82, 2.24) is 0 Å². The zero-order valence-corrected chi connectivity index (χ0v) is 16.1. The lowest BCUT2D eigenvalue weighted by atomic mass is 9.98. The van der Waals surface area contributed by atoms with E-state index in [1.165, 1.54) is 21.3 Å². The zero-order chi connectivity index (χ0) is 19.8. The van der Waals surface area contributed by atoms with Crippen molar-refractivity contribution in [3.8, 4) is 17.2 Å². The molecule has 0 saturated heterocycles. The number of benzene rings is 2. The number of nitrogens with one attached hydrogen (secondary N) is 1. The molecule has 0 saturated carbocycles. The lowest BCUT2D eigenvalue weighted by Crippen LogP contribution is -2.32. The number of amides is 2. The van der Waals surface area contributed by atoms with Gasteiger partial charge in [0.2, 0.25) is 11.7 Å². The third-order valence-electron chi connectivity index (χ3n) is 5.24. The highest BCUT2D eigenvalue weighted by atomic mass is 16.5. The van der Waals surface area contributed by atoms with E-state index in [0.29, 0.717) is 42.2 Å². The van der Waals surface area contributed by atoms with Crippen LogP contribution in [0.15, 0.2) is 24.3 Å². The quantitative estimate of drug-likeness (QED) is 0.861. The molecule has 0 fully saturated rings. The van der Waals surface area contributed by atoms with Crippen LogP contribution in [0.1, 0.15) is 27.9 Å². The number of carbonyl (C=O) groups is 2. The minimum absolute atomic E-state index is 0.181. The minimum Gasteiger partial charge on any atom is -0.493 e. The van der Waals surface area contributed by atoms with Gasteiger partial charge < -0.3 is 24.4 Å². The number of rotatable bonds is 5. The number of hydrogen-bond donors (Lipinski definition) is 1. The Kier molecular flexibility index (Phi) is 4.58. The topological polar surface area (TPSA) is 77.1 Å². The molecule has 28 heavy (non-hydrogen) atoms. The SMILES string of the molecule is COc1cc(C(=O)Nc2cc3c4c(c2)CCN4C(=O)CC3)cc(OC)c1OC. The molecular weight excluding hydrogens is 360 g/mol. The molecule has 2 aromatic carbocycles. The van der Waals surface area contributed by atoms with Crippen molar-refractivity contribution in [2.75, 3.05) is 38.1 Å². The van der Waals surface area contributed by atoms with Gasteiger partial charge in [0.25, 0.3) is 5.91 Å². The molecule has 0 radical (unpaired) electrons. The monoisotopic (exact) mass is 382 g/mol. The highest BCUT2D eigenvalue weighted by Crippen LogP contribution is 2.40. The second-order valence-electron chi connectivity index (χ2n) is 6.81. The average molecular weight is 382 g/mol. The Morgan fingerprint density at radius 2 is 1.57 bits per heavy atom. The van der Waals surface area contributed by atoms with E-state index >= 15 is 0 Å². The van der Waals surface area contributed by atoms with Crippen LogP contribution in [0, 0.1) is 0 Å². The summed E-state index contributed by atoms with van der Waals surface area (Å²) in [5.41, 5.74) is 4.37. The van der Waals surface area contributed by atoms with Crippen molar-refractivity contribution < 1.29 is 23.8 Å². The Hall–Kier alpha value is -3.22. The predicted molar refractivity (Wildman–Crippen MR) is 105 cm³/mol. The standard InChI is InChI=1S/C21H22N2O5/c1-26-16-10-14(11-17(27-2)20(16)28-3)21(25)22-15-8-12-4-5-18(24)23-7-6-13(9-15)19(12)23/h8-11H,4-7H2,1-3H3,(H,22,25). The summed E-state index contributed by atoms with van der Waals surface area (Å²) >= 11 is 0. The molecule has 7 nitrogen and oxygen atoms in total. The molecule has 0 unspecified atom stereocenters. The first-order valence-electron chi connectivity index (χ1n) is 9.13. The van der Waals surface area contributed by atoms with Crippen molar-refractivity contribution >= 4 is 23.2 Å². The Morgan fingerprint density at radius 1 is 0.929 bits per heavy atom. The van der Waals surface area contributed by atoms with Crippen LogP contribution < -0.4 is 24.4 Å². The second kappa shape index (κ2) is 7.07. The molecule has 2 aromatic rings. The van der Waals surface area contributed by atoms with Gasteiger partial charge in [-0.25, -0.2) is 0 Å². The molecule has 0 aliphatic carbocycles. The maximum Gasteiger partial charge on any atom is 0.255 e. The average Bonchev–Trinajstić information content (AvgIpc) is 3.14. The number of carbonyl (C=O) groups excluding carboxylic acids is 2. The molecule has 7 heteroatoms. The van der Waals surface area contributed by atoms with E-state index in [9.17, 15) is 9.59 Å². The van der Waals surface area contributed by atoms with Gasteiger partial charge in [-0.05, 0) is 48.2 Å². The molecule has 2 aliphatic rings. The Balaban J connectivity index is 1.64.